The molecule has 0 aliphatic rings. The Labute approximate surface area is 86.5 Å². The SMILES string of the molecule is CC(C)(C)c1ccc(NCCN)cc1. The Morgan fingerprint density at radius 3 is 2.14 bits per heavy atom. The number of hydrogen-bond acceptors (Lipinski definition) is 2. The van der Waals surface area contributed by atoms with Gasteiger partial charge < -0.3 is 11.1 Å². The Balaban J connectivity index is 2.69. The maximum absolute atomic E-state index is 5.41. The number of nitrogens with one attached hydrogen (secondary N) is 1. The van der Waals surface area contributed by atoms with Crippen LogP contribution in [0.4, 0.5) is 5.69 Å². The van der Waals surface area contributed by atoms with E-state index in [0.717, 1.165) is 12.2 Å². The van der Waals surface area contributed by atoms with Crippen LogP contribution in [0.15, 0.2) is 24.3 Å². The summed E-state index contributed by atoms with van der Waals surface area (Å²) >= 11 is 0. The zero-order chi connectivity index (χ0) is 10.6. The summed E-state index contributed by atoms with van der Waals surface area (Å²) in [6.07, 6.45) is 0. The van der Waals surface area contributed by atoms with Gasteiger partial charge in [0.2, 0.25) is 0 Å². The number of nitrogens with two attached hydrogens (primary N) is 1. The second-order valence-corrected chi connectivity index (χ2v) is 4.54. The molecule has 0 radical (unpaired) electrons. The van der Waals surface area contributed by atoms with E-state index in [1.807, 2.05) is 0 Å². The molecular formula is C12H20N2. The van der Waals surface area contributed by atoms with Crippen molar-refractivity contribution < 1.29 is 0 Å². The minimum absolute atomic E-state index is 0.229. The van der Waals surface area contributed by atoms with Gasteiger partial charge in [-0.2, -0.15) is 0 Å². The van der Waals surface area contributed by atoms with Crippen LogP contribution in [-0.4, -0.2) is 13.1 Å². The molecule has 0 aromatic heterocycles. The molecule has 0 atom stereocenters. The van der Waals surface area contributed by atoms with E-state index in [1.165, 1.54) is 5.56 Å². The fourth-order valence-corrected chi connectivity index (χ4v) is 1.30. The van der Waals surface area contributed by atoms with E-state index in [-0.39, 0.29) is 5.41 Å². The first-order chi connectivity index (χ1) is 6.54. The Bertz CT molecular complexity index is 269. The van der Waals surface area contributed by atoms with Crippen LogP contribution in [0.2, 0.25) is 0 Å². The fourth-order valence-electron chi connectivity index (χ4n) is 1.30. The lowest BCUT2D eigenvalue weighted by Gasteiger charge is -2.19. The summed E-state index contributed by atoms with van der Waals surface area (Å²) in [5.74, 6) is 0. The molecule has 3 N–H and O–H groups in total. The van der Waals surface area contributed by atoms with Gasteiger partial charge in [0.25, 0.3) is 0 Å². The zero-order valence-electron chi connectivity index (χ0n) is 9.30. The third-order valence-electron chi connectivity index (χ3n) is 2.22. The Hall–Kier alpha value is -1.02. The molecule has 78 valence electrons. The summed E-state index contributed by atoms with van der Waals surface area (Å²) in [5.41, 5.74) is 8.14. The fraction of sp³-hybridized carbons (Fsp3) is 0.500. The van der Waals surface area contributed by atoms with Crippen molar-refractivity contribution in [3.8, 4) is 0 Å². The second-order valence-electron chi connectivity index (χ2n) is 4.54. The third kappa shape index (κ3) is 3.04. The molecule has 2 nitrogen and oxygen atoms in total. The van der Waals surface area contributed by atoms with Crippen LogP contribution in [0.3, 0.4) is 0 Å². The largest absolute Gasteiger partial charge is 0.384 e. The van der Waals surface area contributed by atoms with Gasteiger partial charge in [-0.25, -0.2) is 0 Å². The molecule has 0 spiro atoms. The zero-order valence-corrected chi connectivity index (χ0v) is 9.30. The molecule has 0 aliphatic heterocycles. The van der Waals surface area contributed by atoms with Crippen LogP contribution < -0.4 is 11.1 Å². The predicted octanol–water partition coefficient (Wildman–Crippen LogP) is 2.35. The van der Waals surface area contributed by atoms with E-state index >= 15 is 0 Å². The summed E-state index contributed by atoms with van der Waals surface area (Å²) in [5, 5.41) is 3.25. The van der Waals surface area contributed by atoms with Gasteiger partial charge in [0.1, 0.15) is 0 Å². The summed E-state index contributed by atoms with van der Waals surface area (Å²) < 4.78 is 0. The highest BCUT2D eigenvalue weighted by molar-refractivity contribution is 5.45. The number of rotatable bonds is 3. The van der Waals surface area contributed by atoms with Gasteiger partial charge in [-0.1, -0.05) is 32.9 Å². The second kappa shape index (κ2) is 4.47. The summed E-state index contributed by atoms with van der Waals surface area (Å²) in [6, 6.07) is 8.55. The molecule has 0 aliphatic carbocycles. The van der Waals surface area contributed by atoms with Gasteiger partial charge in [0.15, 0.2) is 0 Å². The van der Waals surface area contributed by atoms with Crippen molar-refractivity contribution in [2.45, 2.75) is 26.2 Å². The highest BCUT2D eigenvalue weighted by Crippen LogP contribution is 2.23. The minimum atomic E-state index is 0.229. The van der Waals surface area contributed by atoms with Gasteiger partial charge in [-0.3, -0.25) is 0 Å². The molecule has 1 aromatic rings. The van der Waals surface area contributed by atoms with E-state index < -0.39 is 0 Å². The summed E-state index contributed by atoms with van der Waals surface area (Å²) in [6.45, 7) is 8.15. The van der Waals surface area contributed by atoms with Crippen molar-refractivity contribution in [3.63, 3.8) is 0 Å². The van der Waals surface area contributed by atoms with E-state index in [0.29, 0.717) is 6.54 Å². The van der Waals surface area contributed by atoms with Crippen LogP contribution in [-0.2, 0) is 5.41 Å². The van der Waals surface area contributed by atoms with E-state index in [9.17, 15) is 0 Å². The van der Waals surface area contributed by atoms with E-state index in [2.05, 4.69) is 50.4 Å². The maximum atomic E-state index is 5.41. The van der Waals surface area contributed by atoms with Crippen molar-refractivity contribution in [1.82, 2.24) is 0 Å². The van der Waals surface area contributed by atoms with Gasteiger partial charge in [0, 0.05) is 18.8 Å². The topological polar surface area (TPSA) is 38.0 Å². The smallest absolute Gasteiger partial charge is 0.0340 e. The molecule has 14 heavy (non-hydrogen) atoms. The summed E-state index contributed by atoms with van der Waals surface area (Å²) in [7, 11) is 0. The first kappa shape index (κ1) is 11.1. The Morgan fingerprint density at radius 1 is 1.14 bits per heavy atom. The van der Waals surface area contributed by atoms with Gasteiger partial charge >= 0.3 is 0 Å². The molecule has 0 fully saturated rings. The molecule has 0 saturated heterocycles. The lowest BCUT2D eigenvalue weighted by Crippen LogP contribution is -2.14. The molecule has 2 heteroatoms. The van der Waals surface area contributed by atoms with Gasteiger partial charge in [0.05, 0.1) is 0 Å². The molecule has 0 unspecified atom stereocenters. The molecule has 1 rings (SSSR count). The van der Waals surface area contributed by atoms with Gasteiger partial charge in [-0.15, -0.1) is 0 Å². The van der Waals surface area contributed by atoms with Crippen LogP contribution in [0.1, 0.15) is 26.3 Å². The van der Waals surface area contributed by atoms with Crippen molar-refractivity contribution in [1.29, 1.82) is 0 Å². The quantitative estimate of drug-likeness (QED) is 0.771. The molecule has 0 saturated carbocycles. The van der Waals surface area contributed by atoms with E-state index in [4.69, 9.17) is 5.73 Å². The lowest BCUT2D eigenvalue weighted by molar-refractivity contribution is 0.590. The first-order valence-electron chi connectivity index (χ1n) is 5.08. The van der Waals surface area contributed by atoms with E-state index in [1.54, 1.807) is 0 Å². The average molecular weight is 192 g/mol. The third-order valence-corrected chi connectivity index (χ3v) is 2.22. The minimum Gasteiger partial charge on any atom is -0.384 e. The maximum Gasteiger partial charge on any atom is 0.0340 e. The number of hydrogen-bond donors (Lipinski definition) is 2. The lowest BCUT2D eigenvalue weighted by atomic mass is 9.87. The van der Waals surface area contributed by atoms with Crippen LogP contribution in [0, 0.1) is 0 Å². The monoisotopic (exact) mass is 192 g/mol. The summed E-state index contributed by atoms with van der Waals surface area (Å²) in [4.78, 5) is 0. The number of anilines is 1. The normalized spacial score (nSPS) is 11.4. The van der Waals surface area contributed by atoms with Crippen molar-refractivity contribution in [2.24, 2.45) is 5.73 Å². The Kier molecular flexibility index (Phi) is 3.53. The molecule has 1 aromatic carbocycles. The van der Waals surface area contributed by atoms with Crippen LogP contribution >= 0.6 is 0 Å². The molecular weight excluding hydrogens is 172 g/mol. The van der Waals surface area contributed by atoms with Crippen molar-refractivity contribution in [3.05, 3.63) is 29.8 Å². The van der Waals surface area contributed by atoms with Crippen molar-refractivity contribution in [2.75, 3.05) is 18.4 Å². The number of benzene rings is 1. The van der Waals surface area contributed by atoms with Crippen LogP contribution in [0.25, 0.3) is 0 Å². The van der Waals surface area contributed by atoms with Crippen LogP contribution in [0.5, 0.6) is 0 Å². The molecule has 0 heterocycles. The highest BCUT2D eigenvalue weighted by Gasteiger charge is 2.12. The highest BCUT2D eigenvalue weighted by atomic mass is 14.9. The first-order valence-corrected chi connectivity index (χ1v) is 5.08. The predicted molar refractivity (Wildman–Crippen MR) is 62.7 cm³/mol. The van der Waals surface area contributed by atoms with Gasteiger partial charge in [-0.05, 0) is 23.1 Å². The molecule has 0 amide bonds. The average Bonchev–Trinajstić information content (AvgIpc) is 2.14. The molecule has 0 bridgehead atoms. The van der Waals surface area contributed by atoms with Crippen molar-refractivity contribution >= 4 is 5.69 Å². The standard InChI is InChI=1S/C12H20N2/c1-12(2,3)10-4-6-11(7-5-10)14-9-8-13/h4-7,14H,8-9,13H2,1-3H3. The Morgan fingerprint density at radius 2 is 1.71 bits per heavy atom.